The number of aromatic nitrogens is 4. The number of benzene rings is 2. The molecule has 0 saturated carbocycles. The standard InChI is InChI=1S/C29H25N7O3/c30-18-21-7-10-24-23(16-21)29(19-36(24)27(37)17-26-31-33-34-32-26)12-14-35(15-13-29)28(38)25-11-9-22(39-25)8-6-20-4-2-1-3-5-20/h1-5,7,9-11,16,18,30H,12-15,17,19H2,(H,31,32,33,34). The number of carbonyl (C=O) groups is 2. The van der Waals surface area contributed by atoms with E-state index in [-0.39, 0.29) is 29.4 Å². The van der Waals surface area contributed by atoms with E-state index in [2.05, 4.69) is 32.5 Å². The molecule has 2 amide bonds. The van der Waals surface area contributed by atoms with Crippen molar-refractivity contribution in [3.8, 4) is 11.8 Å². The van der Waals surface area contributed by atoms with E-state index in [0.717, 1.165) is 22.4 Å². The van der Waals surface area contributed by atoms with Gasteiger partial charge in [-0.3, -0.25) is 9.59 Å². The van der Waals surface area contributed by atoms with Crippen LogP contribution in [0.25, 0.3) is 0 Å². The topological polar surface area (TPSA) is 132 Å². The summed E-state index contributed by atoms with van der Waals surface area (Å²) in [5, 5.41) is 21.5. The number of fused-ring (bicyclic) bond motifs is 2. The van der Waals surface area contributed by atoms with Gasteiger partial charge in [0.1, 0.15) is 0 Å². The number of tetrazole rings is 1. The Bertz CT molecular complexity index is 1590. The van der Waals surface area contributed by atoms with E-state index in [0.29, 0.717) is 44.1 Å². The van der Waals surface area contributed by atoms with Gasteiger partial charge in [0.15, 0.2) is 17.3 Å². The molecule has 6 rings (SSSR count). The molecule has 0 bridgehead atoms. The van der Waals surface area contributed by atoms with Gasteiger partial charge in [0, 0.05) is 42.5 Å². The van der Waals surface area contributed by atoms with Crippen molar-refractivity contribution in [1.29, 1.82) is 5.41 Å². The van der Waals surface area contributed by atoms with E-state index in [9.17, 15) is 9.59 Å². The maximum Gasteiger partial charge on any atom is 0.289 e. The summed E-state index contributed by atoms with van der Waals surface area (Å²) in [6.07, 6.45) is 2.71. The van der Waals surface area contributed by atoms with Gasteiger partial charge in [-0.2, -0.15) is 5.21 Å². The molecule has 2 aliphatic heterocycles. The number of hydrogen-bond donors (Lipinski definition) is 2. The van der Waals surface area contributed by atoms with Crippen LogP contribution in [0.5, 0.6) is 0 Å². The van der Waals surface area contributed by atoms with Crippen LogP contribution in [0, 0.1) is 17.3 Å². The van der Waals surface area contributed by atoms with Crippen LogP contribution >= 0.6 is 0 Å². The smallest absolute Gasteiger partial charge is 0.289 e. The fourth-order valence-electron chi connectivity index (χ4n) is 5.38. The molecule has 0 atom stereocenters. The van der Waals surface area contributed by atoms with Gasteiger partial charge in [-0.15, -0.1) is 10.2 Å². The van der Waals surface area contributed by atoms with E-state index in [1.807, 2.05) is 48.5 Å². The second-order valence-electron chi connectivity index (χ2n) is 9.76. The van der Waals surface area contributed by atoms with Crippen LogP contribution in [-0.4, -0.2) is 63.2 Å². The third-order valence-corrected chi connectivity index (χ3v) is 7.44. The average Bonchev–Trinajstić information content (AvgIpc) is 3.73. The minimum Gasteiger partial charge on any atom is -0.443 e. The number of amides is 2. The van der Waals surface area contributed by atoms with E-state index < -0.39 is 0 Å². The molecule has 194 valence electrons. The Morgan fingerprint density at radius 1 is 1.08 bits per heavy atom. The highest BCUT2D eigenvalue weighted by atomic mass is 16.3. The molecule has 0 radical (unpaired) electrons. The van der Waals surface area contributed by atoms with Crippen molar-refractivity contribution in [2.45, 2.75) is 24.7 Å². The Kier molecular flexibility index (Phi) is 6.25. The lowest BCUT2D eigenvalue weighted by atomic mass is 9.74. The number of anilines is 1. The van der Waals surface area contributed by atoms with Gasteiger partial charge in [0.05, 0.1) is 6.42 Å². The van der Waals surface area contributed by atoms with Crippen molar-refractivity contribution >= 4 is 23.7 Å². The third kappa shape index (κ3) is 4.70. The molecule has 1 saturated heterocycles. The average molecular weight is 520 g/mol. The van der Waals surface area contributed by atoms with Gasteiger partial charge in [0.25, 0.3) is 5.91 Å². The third-order valence-electron chi connectivity index (χ3n) is 7.44. The first kappa shape index (κ1) is 24.3. The summed E-state index contributed by atoms with van der Waals surface area (Å²) < 4.78 is 5.76. The van der Waals surface area contributed by atoms with Gasteiger partial charge in [0.2, 0.25) is 5.91 Å². The molecule has 39 heavy (non-hydrogen) atoms. The number of furan rings is 1. The molecule has 4 aromatic rings. The van der Waals surface area contributed by atoms with E-state index in [4.69, 9.17) is 9.83 Å². The Labute approximate surface area is 224 Å². The predicted octanol–water partition coefficient (Wildman–Crippen LogP) is 2.95. The van der Waals surface area contributed by atoms with E-state index in [1.165, 1.54) is 6.21 Å². The zero-order valence-electron chi connectivity index (χ0n) is 21.1. The molecule has 2 aromatic carbocycles. The first-order valence-corrected chi connectivity index (χ1v) is 12.7. The molecule has 1 fully saturated rings. The number of likely N-dealkylation sites (tertiary alicyclic amines) is 1. The van der Waals surface area contributed by atoms with Crippen molar-refractivity contribution < 1.29 is 14.0 Å². The SMILES string of the molecule is N=Cc1ccc2c(c1)C1(CCN(C(=O)c3ccc(C#Cc4ccccc4)o3)CC1)CN2C(=O)Cc1nn[nH]n1. The highest BCUT2D eigenvalue weighted by molar-refractivity contribution is 5.98. The second-order valence-corrected chi connectivity index (χ2v) is 9.76. The van der Waals surface area contributed by atoms with Crippen LogP contribution in [-0.2, 0) is 16.6 Å². The minimum absolute atomic E-state index is 0.0386. The first-order valence-electron chi connectivity index (χ1n) is 12.7. The molecule has 2 aliphatic rings. The van der Waals surface area contributed by atoms with Crippen molar-refractivity contribution in [1.82, 2.24) is 25.5 Å². The van der Waals surface area contributed by atoms with Crippen molar-refractivity contribution in [2.24, 2.45) is 0 Å². The summed E-state index contributed by atoms with van der Waals surface area (Å²) in [7, 11) is 0. The van der Waals surface area contributed by atoms with Gasteiger partial charge in [-0.05, 0) is 66.3 Å². The van der Waals surface area contributed by atoms with Crippen molar-refractivity contribution in [3.05, 3.63) is 94.7 Å². The summed E-state index contributed by atoms with van der Waals surface area (Å²) in [6.45, 7) is 1.54. The molecule has 0 aliphatic carbocycles. The predicted molar refractivity (Wildman–Crippen MR) is 143 cm³/mol. The fraction of sp³-hybridized carbons (Fsp3) is 0.241. The van der Waals surface area contributed by atoms with Crippen LogP contribution in [0.2, 0.25) is 0 Å². The van der Waals surface area contributed by atoms with Crippen LogP contribution in [0.1, 0.15) is 51.7 Å². The zero-order chi connectivity index (χ0) is 26.8. The lowest BCUT2D eigenvalue weighted by Crippen LogP contribution is -2.48. The Hall–Kier alpha value is -5.04. The summed E-state index contributed by atoms with van der Waals surface area (Å²) >= 11 is 0. The summed E-state index contributed by atoms with van der Waals surface area (Å²) in [5.41, 5.74) is 3.21. The number of aromatic amines is 1. The Morgan fingerprint density at radius 3 is 2.64 bits per heavy atom. The second kappa shape index (κ2) is 10.0. The molecule has 0 unspecified atom stereocenters. The van der Waals surface area contributed by atoms with Crippen molar-refractivity contribution in [3.63, 3.8) is 0 Å². The van der Waals surface area contributed by atoms with Gasteiger partial charge in [-0.1, -0.05) is 35.4 Å². The van der Waals surface area contributed by atoms with E-state index in [1.54, 1.807) is 21.9 Å². The number of H-pyrrole nitrogens is 1. The Balaban J connectivity index is 1.18. The first-order chi connectivity index (χ1) is 19.0. The molecular formula is C29H25N7O3. The minimum atomic E-state index is -0.312. The largest absolute Gasteiger partial charge is 0.443 e. The van der Waals surface area contributed by atoms with Gasteiger partial charge >= 0.3 is 0 Å². The monoisotopic (exact) mass is 519 g/mol. The number of rotatable bonds is 4. The van der Waals surface area contributed by atoms with E-state index >= 15 is 0 Å². The van der Waals surface area contributed by atoms with Crippen LogP contribution < -0.4 is 4.90 Å². The van der Waals surface area contributed by atoms with Crippen molar-refractivity contribution in [2.75, 3.05) is 24.5 Å². The maximum atomic E-state index is 13.3. The normalized spacial score (nSPS) is 15.5. The van der Waals surface area contributed by atoms with Crippen LogP contribution in [0.3, 0.4) is 0 Å². The molecule has 4 heterocycles. The molecule has 10 nitrogen and oxygen atoms in total. The molecular weight excluding hydrogens is 494 g/mol. The molecule has 2 aromatic heterocycles. The number of carbonyl (C=O) groups excluding carboxylic acids is 2. The summed E-state index contributed by atoms with van der Waals surface area (Å²) in [5.74, 6) is 6.77. The Morgan fingerprint density at radius 2 is 1.90 bits per heavy atom. The molecule has 10 heteroatoms. The van der Waals surface area contributed by atoms with Crippen LogP contribution in [0.15, 0.2) is 65.1 Å². The fourth-order valence-corrected chi connectivity index (χ4v) is 5.38. The number of piperidine rings is 1. The highest BCUT2D eigenvalue weighted by Crippen LogP contribution is 2.47. The van der Waals surface area contributed by atoms with Gasteiger partial charge < -0.3 is 19.6 Å². The van der Waals surface area contributed by atoms with Gasteiger partial charge in [-0.25, -0.2) is 0 Å². The number of nitrogens with zero attached hydrogens (tertiary/aromatic N) is 5. The van der Waals surface area contributed by atoms with Crippen LogP contribution in [0.4, 0.5) is 5.69 Å². The summed E-state index contributed by atoms with van der Waals surface area (Å²) in [4.78, 5) is 30.1. The maximum absolute atomic E-state index is 13.3. The molecule has 1 spiro atoms. The lowest BCUT2D eigenvalue weighted by molar-refractivity contribution is -0.118. The number of nitrogens with one attached hydrogen (secondary N) is 2. The molecule has 2 N–H and O–H groups in total. The lowest BCUT2D eigenvalue weighted by Gasteiger charge is -2.39. The quantitative estimate of drug-likeness (QED) is 0.315. The number of hydrogen-bond acceptors (Lipinski definition) is 7. The highest BCUT2D eigenvalue weighted by Gasteiger charge is 2.47. The zero-order valence-corrected chi connectivity index (χ0v) is 21.1. The summed E-state index contributed by atoms with van der Waals surface area (Å²) in [6, 6.07) is 18.7.